The summed E-state index contributed by atoms with van der Waals surface area (Å²) in [5, 5.41) is 3.01. The minimum absolute atomic E-state index is 0.0285. The van der Waals surface area contributed by atoms with Crippen molar-refractivity contribution in [2.75, 3.05) is 26.4 Å². The molecule has 15 nitrogen and oxygen atoms in total. The van der Waals surface area contributed by atoms with Gasteiger partial charge in [0.1, 0.15) is 61.4 Å². The number of hydrogen-bond donors (Lipinski definition) is 2. The van der Waals surface area contributed by atoms with Crippen LogP contribution in [-0.4, -0.2) is 106 Å². The van der Waals surface area contributed by atoms with Gasteiger partial charge in [-0.1, -0.05) is 164 Å². The predicted octanol–water partition coefficient (Wildman–Crippen LogP) is 6.49. The molecule has 0 aliphatic carbocycles. The zero-order chi connectivity index (χ0) is 48.5. The molecule has 0 saturated carbocycles. The van der Waals surface area contributed by atoms with Gasteiger partial charge < -0.3 is 63.2 Å². The average Bonchev–Trinajstić information content (AvgIpc) is 3.40. The molecule has 3 aliphatic heterocycles. The van der Waals surface area contributed by atoms with Crippen LogP contribution in [0.1, 0.15) is 41.0 Å². The lowest BCUT2D eigenvalue weighted by atomic mass is 9.94. The van der Waals surface area contributed by atoms with Crippen LogP contribution in [0.25, 0.3) is 0 Å². The Bertz CT molecular complexity index is 2330. The fourth-order valence-electron chi connectivity index (χ4n) is 8.57. The van der Waals surface area contributed by atoms with Gasteiger partial charge in [0.05, 0.1) is 46.2 Å². The van der Waals surface area contributed by atoms with Crippen molar-refractivity contribution in [3.05, 3.63) is 192 Å². The monoisotopic (exact) mass is 958 g/mol. The highest BCUT2D eigenvalue weighted by molar-refractivity contribution is 5.75. The van der Waals surface area contributed by atoms with E-state index in [1.54, 1.807) is 0 Å². The van der Waals surface area contributed by atoms with E-state index in [2.05, 4.69) is 11.9 Å². The average molecular weight is 959 g/mol. The molecular weight excluding hydrogens is 897 g/mol. The molecule has 0 radical (unpaired) electrons. The molecule has 8 rings (SSSR count). The molecule has 15 heteroatoms. The van der Waals surface area contributed by atoms with E-state index in [9.17, 15) is 9.59 Å². The molecule has 3 N–H and O–H groups in total. The van der Waals surface area contributed by atoms with Crippen molar-refractivity contribution >= 4 is 11.9 Å². The second-order valence-corrected chi connectivity index (χ2v) is 17.2. The normalized spacial score (nSPS) is 26.9. The van der Waals surface area contributed by atoms with Crippen LogP contribution in [0.2, 0.25) is 0 Å². The van der Waals surface area contributed by atoms with E-state index in [4.69, 9.17) is 57.8 Å². The summed E-state index contributed by atoms with van der Waals surface area (Å²) in [4.78, 5) is 26.0. The highest BCUT2D eigenvalue weighted by Crippen LogP contribution is 2.39. The molecule has 3 heterocycles. The number of carbonyl (C=O) groups is 2. The standard InChI is InChI=1S/C55H62N2O13/c1-3-29-61-52(59)43(56)34-65-54-46(57-37(2)58)49(48-45(67-54)36-66-53(69-48)42-27-17-8-18-28-42)70-55-51(64-33-41-25-15-7-16-26-41)50(63-32-40-23-13-6-14-24-40)47(62-31-39-21-11-5-12-22-39)44(68-55)35-60-30-38-19-9-4-10-20-38/h3-28,43-51,53-55H,1,29-36,56H2,2H3,(H,57,58)/t43-,44+,45+,46+,47-,48-,49+,50-,51+,53?,54-,55-/m0/s1. The Morgan fingerprint density at radius 2 is 1.19 bits per heavy atom. The van der Waals surface area contributed by atoms with Crippen molar-refractivity contribution in [2.45, 2.75) is 107 Å². The van der Waals surface area contributed by atoms with Gasteiger partial charge >= 0.3 is 5.97 Å². The Morgan fingerprint density at radius 3 is 1.74 bits per heavy atom. The number of fused-ring (bicyclic) bond motifs is 1. The molecule has 3 saturated heterocycles. The quantitative estimate of drug-likeness (QED) is 0.0538. The van der Waals surface area contributed by atoms with Crippen molar-refractivity contribution in [3.63, 3.8) is 0 Å². The molecule has 0 bridgehead atoms. The summed E-state index contributed by atoms with van der Waals surface area (Å²) in [6.45, 7) is 5.64. The first-order valence-corrected chi connectivity index (χ1v) is 23.6. The highest BCUT2D eigenvalue weighted by atomic mass is 16.8. The fraction of sp³-hybridized carbons (Fsp3) is 0.382. The van der Waals surface area contributed by atoms with Gasteiger partial charge in [-0.2, -0.15) is 0 Å². The number of nitrogens with two attached hydrogens (primary N) is 1. The highest BCUT2D eigenvalue weighted by Gasteiger charge is 2.56. The van der Waals surface area contributed by atoms with Gasteiger partial charge in [0.2, 0.25) is 5.91 Å². The molecule has 370 valence electrons. The summed E-state index contributed by atoms with van der Waals surface area (Å²) in [6.07, 6.45) is -7.91. The lowest BCUT2D eigenvalue weighted by Crippen LogP contribution is -2.70. The first kappa shape index (κ1) is 50.7. The van der Waals surface area contributed by atoms with Crippen molar-refractivity contribution in [3.8, 4) is 0 Å². The first-order valence-electron chi connectivity index (χ1n) is 23.6. The van der Waals surface area contributed by atoms with Gasteiger partial charge in [-0.3, -0.25) is 9.59 Å². The maximum absolute atomic E-state index is 13.3. The summed E-state index contributed by atoms with van der Waals surface area (Å²) in [6, 6.07) is 46.6. The molecule has 12 atom stereocenters. The van der Waals surface area contributed by atoms with Crippen molar-refractivity contribution < 1.29 is 61.7 Å². The van der Waals surface area contributed by atoms with Crippen LogP contribution in [-0.2, 0) is 88.1 Å². The molecule has 5 aromatic rings. The van der Waals surface area contributed by atoms with Crippen LogP contribution in [0.4, 0.5) is 0 Å². The van der Waals surface area contributed by atoms with Crippen molar-refractivity contribution in [2.24, 2.45) is 5.73 Å². The summed E-state index contributed by atoms with van der Waals surface area (Å²) in [5.41, 5.74) is 10.8. The van der Waals surface area contributed by atoms with Crippen LogP contribution in [0.5, 0.6) is 0 Å². The van der Waals surface area contributed by atoms with Crippen LogP contribution in [0.15, 0.2) is 164 Å². The topological polar surface area (TPSA) is 174 Å². The third-order valence-electron chi connectivity index (χ3n) is 12.0. The number of amides is 1. The second-order valence-electron chi connectivity index (χ2n) is 17.2. The summed E-state index contributed by atoms with van der Waals surface area (Å²) in [7, 11) is 0. The number of hydrogen-bond acceptors (Lipinski definition) is 14. The van der Waals surface area contributed by atoms with Gasteiger partial charge in [-0.05, 0) is 22.3 Å². The molecule has 5 aromatic carbocycles. The zero-order valence-corrected chi connectivity index (χ0v) is 39.2. The van der Waals surface area contributed by atoms with Crippen LogP contribution in [0, 0.1) is 0 Å². The molecule has 0 spiro atoms. The number of ether oxygens (including phenoxy) is 11. The molecule has 3 fully saturated rings. The number of nitrogens with one attached hydrogen (secondary N) is 1. The van der Waals surface area contributed by atoms with Gasteiger partial charge in [-0.15, -0.1) is 0 Å². The van der Waals surface area contributed by atoms with E-state index in [1.165, 1.54) is 13.0 Å². The maximum Gasteiger partial charge on any atom is 0.325 e. The lowest BCUT2D eigenvalue weighted by Gasteiger charge is -2.52. The second kappa shape index (κ2) is 26.0. The third kappa shape index (κ3) is 14.0. The molecule has 0 aromatic heterocycles. The maximum atomic E-state index is 13.3. The van der Waals surface area contributed by atoms with Gasteiger partial charge in [0, 0.05) is 12.5 Å². The third-order valence-corrected chi connectivity index (χ3v) is 12.0. The summed E-state index contributed by atoms with van der Waals surface area (Å²) >= 11 is 0. The molecular formula is C55H62N2O13. The fourth-order valence-corrected chi connectivity index (χ4v) is 8.57. The van der Waals surface area contributed by atoms with Crippen LogP contribution >= 0.6 is 0 Å². The first-order chi connectivity index (χ1) is 34.3. The predicted molar refractivity (Wildman–Crippen MR) is 256 cm³/mol. The van der Waals surface area contributed by atoms with E-state index >= 15 is 0 Å². The Labute approximate surface area is 409 Å². The minimum atomic E-state index is -1.22. The summed E-state index contributed by atoms with van der Waals surface area (Å²) in [5.74, 6) is -1.12. The summed E-state index contributed by atoms with van der Waals surface area (Å²) < 4.78 is 72.7. The Kier molecular flexibility index (Phi) is 18.8. The zero-order valence-electron chi connectivity index (χ0n) is 39.2. The lowest BCUT2D eigenvalue weighted by molar-refractivity contribution is -0.384. The van der Waals surface area contributed by atoms with Crippen molar-refractivity contribution in [1.82, 2.24) is 5.32 Å². The van der Waals surface area contributed by atoms with E-state index in [0.717, 1.165) is 27.8 Å². The number of esters is 1. The van der Waals surface area contributed by atoms with E-state index in [0.29, 0.717) is 6.61 Å². The Hall–Kier alpha value is -5.66. The van der Waals surface area contributed by atoms with Crippen LogP contribution in [0.3, 0.4) is 0 Å². The minimum Gasteiger partial charge on any atom is -0.460 e. The van der Waals surface area contributed by atoms with Crippen molar-refractivity contribution in [1.29, 1.82) is 0 Å². The van der Waals surface area contributed by atoms with Crippen LogP contribution < -0.4 is 11.1 Å². The molecule has 1 unspecified atom stereocenters. The molecule has 3 aliphatic rings. The SMILES string of the molecule is C=CCOC(=O)[C@@H](N)CO[C@H]1O[C@@H]2COC(c3ccccc3)O[C@@H]2[C@H](O[C@@H]2O[C@H](COCc3ccccc3)[C@H](OCc3ccccc3)[C@H](OCc3ccccc3)[C@H]2OCc2ccccc2)[C@H]1NC(C)=O. The smallest absolute Gasteiger partial charge is 0.325 e. The number of carbonyl (C=O) groups excluding carboxylic acids is 2. The van der Waals surface area contributed by atoms with E-state index < -0.39 is 85.6 Å². The number of benzene rings is 5. The number of rotatable bonds is 23. The largest absolute Gasteiger partial charge is 0.460 e. The van der Waals surface area contributed by atoms with Gasteiger partial charge in [0.25, 0.3) is 0 Å². The molecule has 1 amide bonds. The van der Waals surface area contributed by atoms with Gasteiger partial charge in [-0.25, -0.2) is 0 Å². The molecule has 70 heavy (non-hydrogen) atoms. The Morgan fingerprint density at radius 1 is 0.657 bits per heavy atom. The Balaban J connectivity index is 1.18. The van der Waals surface area contributed by atoms with E-state index in [1.807, 2.05) is 152 Å². The van der Waals surface area contributed by atoms with E-state index in [-0.39, 0.29) is 46.2 Å². The van der Waals surface area contributed by atoms with Gasteiger partial charge in [0.15, 0.2) is 18.9 Å².